The average molecular weight is 159 g/mol. The number of nitrogen functional groups attached to an aromatic ring is 1. The van der Waals surface area contributed by atoms with Gasteiger partial charge in [-0.25, -0.2) is 8.78 Å². The first-order chi connectivity index (χ1) is 5.15. The molecule has 0 spiro atoms. The van der Waals surface area contributed by atoms with Crippen LogP contribution in [-0.2, 0) is 6.42 Å². The second-order valence-corrected chi connectivity index (χ2v) is 2.33. The Hall–Kier alpha value is -1.12. The molecule has 0 aromatic heterocycles. The third-order valence-electron chi connectivity index (χ3n) is 1.55. The van der Waals surface area contributed by atoms with Crippen LogP contribution < -0.4 is 5.73 Å². The minimum absolute atomic E-state index is 0. The maximum atomic E-state index is 12.7. The summed E-state index contributed by atoms with van der Waals surface area (Å²) < 4.78 is 25.3. The maximum absolute atomic E-state index is 12.7. The van der Waals surface area contributed by atoms with Gasteiger partial charge in [-0.3, -0.25) is 0 Å². The summed E-state index contributed by atoms with van der Waals surface area (Å²) in [5.41, 5.74) is 5.27. The molecule has 62 valence electrons. The van der Waals surface area contributed by atoms with Crippen molar-refractivity contribution in [2.24, 2.45) is 0 Å². The molecule has 0 saturated carbocycles. The van der Waals surface area contributed by atoms with Gasteiger partial charge in [0.1, 0.15) is 17.3 Å². The summed E-state index contributed by atoms with van der Waals surface area (Å²) in [6.07, 6.45) is 0.605. The summed E-state index contributed by atoms with van der Waals surface area (Å²) >= 11 is 0. The van der Waals surface area contributed by atoms with Crippen LogP contribution in [0.2, 0.25) is 0 Å². The number of halogens is 2. The molecular weight excluding hydrogens is 148 g/mol. The van der Waals surface area contributed by atoms with Crippen LogP contribution in [0.1, 0.15) is 13.9 Å². The van der Waals surface area contributed by atoms with Crippen LogP contribution in [-0.4, -0.2) is 0 Å². The number of hydrogen-bond acceptors (Lipinski definition) is 1. The molecule has 11 heavy (non-hydrogen) atoms. The predicted molar refractivity (Wildman–Crippen MR) is 42.3 cm³/mol. The Morgan fingerprint density at radius 3 is 2.18 bits per heavy atom. The molecule has 2 N–H and O–H groups in total. The number of anilines is 1. The van der Waals surface area contributed by atoms with Crippen molar-refractivity contribution < 1.29 is 10.2 Å². The lowest BCUT2D eigenvalue weighted by molar-refractivity contribution is 0.588. The minimum atomic E-state index is -0.679. The Bertz CT molecular complexity index is 253. The zero-order valence-corrected chi connectivity index (χ0v) is 6.20. The predicted octanol–water partition coefficient (Wildman–Crippen LogP) is 2.36. The molecule has 1 aromatic carbocycles. The molecule has 0 fully saturated rings. The maximum Gasteiger partial charge on any atom is 0.149 e. The fraction of sp³-hybridized carbons (Fsp3) is 0.250. The van der Waals surface area contributed by atoms with Gasteiger partial charge in [-0.1, -0.05) is 6.92 Å². The van der Waals surface area contributed by atoms with Gasteiger partial charge in [0.05, 0.1) is 0 Å². The number of rotatable bonds is 1. The van der Waals surface area contributed by atoms with E-state index in [2.05, 4.69) is 0 Å². The highest BCUT2D eigenvalue weighted by Crippen LogP contribution is 2.17. The van der Waals surface area contributed by atoms with E-state index in [0.29, 0.717) is 12.0 Å². The van der Waals surface area contributed by atoms with Crippen molar-refractivity contribution in [3.8, 4) is 0 Å². The van der Waals surface area contributed by atoms with Gasteiger partial charge in [-0.15, -0.1) is 0 Å². The van der Waals surface area contributed by atoms with Gasteiger partial charge in [0, 0.05) is 1.43 Å². The van der Waals surface area contributed by atoms with E-state index in [1.54, 1.807) is 0 Å². The quantitative estimate of drug-likeness (QED) is 0.625. The van der Waals surface area contributed by atoms with Gasteiger partial charge < -0.3 is 5.73 Å². The normalized spacial score (nSPS) is 10.1. The van der Waals surface area contributed by atoms with Crippen LogP contribution in [0.15, 0.2) is 12.1 Å². The van der Waals surface area contributed by atoms with Gasteiger partial charge in [0.15, 0.2) is 0 Å². The Kier molecular flexibility index (Phi) is 2.08. The third-order valence-corrected chi connectivity index (χ3v) is 1.55. The molecule has 0 radical (unpaired) electrons. The largest absolute Gasteiger partial charge is 0.394 e. The molecule has 0 unspecified atom stereocenters. The smallest absolute Gasteiger partial charge is 0.149 e. The molecule has 3 heteroatoms. The van der Waals surface area contributed by atoms with E-state index in [4.69, 9.17) is 5.73 Å². The molecule has 0 heterocycles. The minimum Gasteiger partial charge on any atom is -0.394 e. The fourth-order valence-corrected chi connectivity index (χ4v) is 0.841. The Morgan fingerprint density at radius 1 is 1.36 bits per heavy atom. The van der Waals surface area contributed by atoms with Crippen LogP contribution >= 0.6 is 0 Å². The standard InChI is InChI=1S/C8H9F2N.H2/c1-2-5-3-6(9)8(11)7(10)4-5;/h3-4H,2,11H2,1H3;1H. The van der Waals surface area contributed by atoms with Crippen LogP contribution in [0, 0.1) is 11.6 Å². The SMILES string of the molecule is CCc1cc(F)c(N)c(F)c1.[HH]. The van der Waals surface area contributed by atoms with E-state index in [1.165, 1.54) is 12.1 Å². The van der Waals surface area contributed by atoms with E-state index in [1.807, 2.05) is 6.92 Å². The Labute approximate surface area is 65.3 Å². The molecule has 0 saturated heterocycles. The van der Waals surface area contributed by atoms with E-state index < -0.39 is 17.3 Å². The Balaban J connectivity index is 0.00000121. The first-order valence-corrected chi connectivity index (χ1v) is 3.38. The molecule has 1 nitrogen and oxygen atoms in total. The van der Waals surface area contributed by atoms with E-state index in [9.17, 15) is 8.78 Å². The molecule has 0 amide bonds. The number of aryl methyl sites for hydroxylation is 1. The second-order valence-electron chi connectivity index (χ2n) is 2.33. The summed E-state index contributed by atoms with van der Waals surface area (Å²) in [4.78, 5) is 0. The molecule has 1 rings (SSSR count). The average Bonchev–Trinajstić information content (AvgIpc) is 1.99. The summed E-state index contributed by atoms with van der Waals surface area (Å²) in [5.74, 6) is -1.36. The van der Waals surface area contributed by atoms with E-state index in [-0.39, 0.29) is 1.43 Å². The first-order valence-electron chi connectivity index (χ1n) is 3.38. The zero-order chi connectivity index (χ0) is 8.43. The van der Waals surface area contributed by atoms with Gasteiger partial charge in [0.2, 0.25) is 0 Å². The summed E-state index contributed by atoms with van der Waals surface area (Å²) in [6, 6.07) is 2.50. The van der Waals surface area contributed by atoms with E-state index in [0.717, 1.165) is 0 Å². The van der Waals surface area contributed by atoms with Crippen molar-refractivity contribution in [3.05, 3.63) is 29.3 Å². The van der Waals surface area contributed by atoms with Gasteiger partial charge in [0.25, 0.3) is 0 Å². The van der Waals surface area contributed by atoms with E-state index >= 15 is 0 Å². The van der Waals surface area contributed by atoms with Crippen LogP contribution in [0.4, 0.5) is 14.5 Å². The van der Waals surface area contributed by atoms with Crippen LogP contribution in [0.25, 0.3) is 0 Å². The number of nitrogens with two attached hydrogens (primary N) is 1. The lowest BCUT2D eigenvalue weighted by atomic mass is 10.1. The lowest BCUT2D eigenvalue weighted by Crippen LogP contribution is -1.96. The third kappa shape index (κ3) is 1.48. The first kappa shape index (κ1) is 7.98. The molecule has 0 aliphatic heterocycles. The van der Waals surface area contributed by atoms with Crippen molar-refractivity contribution in [2.75, 3.05) is 5.73 Å². The highest BCUT2D eigenvalue weighted by molar-refractivity contribution is 5.43. The Morgan fingerprint density at radius 2 is 1.82 bits per heavy atom. The summed E-state index contributed by atoms with van der Waals surface area (Å²) in [5, 5.41) is 0. The fourth-order valence-electron chi connectivity index (χ4n) is 0.841. The number of benzene rings is 1. The van der Waals surface area contributed by atoms with Crippen molar-refractivity contribution in [3.63, 3.8) is 0 Å². The monoisotopic (exact) mass is 159 g/mol. The molecule has 0 bridgehead atoms. The molecule has 0 aliphatic carbocycles. The highest BCUT2D eigenvalue weighted by atomic mass is 19.1. The van der Waals surface area contributed by atoms with Crippen molar-refractivity contribution in [1.29, 1.82) is 0 Å². The number of hydrogen-bond donors (Lipinski definition) is 1. The highest BCUT2D eigenvalue weighted by Gasteiger charge is 2.05. The molecular formula is C8H11F2N. The molecule has 1 aromatic rings. The zero-order valence-electron chi connectivity index (χ0n) is 6.20. The van der Waals surface area contributed by atoms with Gasteiger partial charge in [-0.05, 0) is 24.1 Å². The second kappa shape index (κ2) is 2.86. The van der Waals surface area contributed by atoms with Gasteiger partial charge in [-0.2, -0.15) is 0 Å². The van der Waals surface area contributed by atoms with Crippen LogP contribution in [0.3, 0.4) is 0 Å². The van der Waals surface area contributed by atoms with Crippen molar-refractivity contribution in [2.45, 2.75) is 13.3 Å². The van der Waals surface area contributed by atoms with Gasteiger partial charge >= 0.3 is 0 Å². The van der Waals surface area contributed by atoms with Crippen LogP contribution in [0.5, 0.6) is 0 Å². The summed E-state index contributed by atoms with van der Waals surface area (Å²) in [6.45, 7) is 1.82. The summed E-state index contributed by atoms with van der Waals surface area (Å²) in [7, 11) is 0. The topological polar surface area (TPSA) is 26.0 Å². The molecule has 0 atom stereocenters. The lowest BCUT2D eigenvalue weighted by Gasteiger charge is -2.01. The van der Waals surface area contributed by atoms with Crippen molar-refractivity contribution >= 4 is 5.69 Å². The van der Waals surface area contributed by atoms with Crippen molar-refractivity contribution in [1.82, 2.24) is 0 Å². The molecule has 0 aliphatic rings.